The van der Waals surface area contributed by atoms with Gasteiger partial charge in [0.25, 0.3) is 0 Å². The van der Waals surface area contributed by atoms with Crippen LogP contribution in [0, 0.1) is 5.92 Å². The lowest BCUT2D eigenvalue weighted by molar-refractivity contribution is -0.119. The van der Waals surface area contributed by atoms with Gasteiger partial charge in [-0.05, 0) is 68.2 Å². The molecule has 1 saturated carbocycles. The van der Waals surface area contributed by atoms with E-state index in [4.69, 9.17) is 4.37 Å². The molecular weight excluding hydrogens is 356 g/mol. The average molecular weight is 387 g/mol. The number of benzene rings is 1. The number of carbonyl (C=O) groups is 1. The van der Waals surface area contributed by atoms with Crippen LogP contribution in [0.1, 0.15) is 39.0 Å². The summed E-state index contributed by atoms with van der Waals surface area (Å²) in [4.78, 5) is 16.3. The summed E-state index contributed by atoms with van der Waals surface area (Å²) in [5.74, 6) is 2.12. The number of piperazine rings is 1. The normalized spacial score (nSPS) is 24.3. The van der Waals surface area contributed by atoms with Gasteiger partial charge in [-0.25, -0.2) is 0 Å². The van der Waals surface area contributed by atoms with Crippen molar-refractivity contribution in [2.24, 2.45) is 5.92 Å². The number of amides is 1. The lowest BCUT2D eigenvalue weighted by Gasteiger charge is -2.36. The number of hydrogen-bond donors (Lipinski definition) is 1. The molecule has 0 unspecified atom stereocenters. The van der Waals surface area contributed by atoms with Crippen LogP contribution in [-0.4, -0.2) is 53.9 Å². The lowest BCUT2D eigenvalue weighted by Crippen LogP contribution is -2.47. The minimum atomic E-state index is 0.115. The van der Waals surface area contributed by atoms with Crippen molar-refractivity contribution in [3.05, 3.63) is 24.3 Å². The van der Waals surface area contributed by atoms with E-state index in [0.717, 1.165) is 44.9 Å². The van der Waals surface area contributed by atoms with Crippen LogP contribution in [0.15, 0.2) is 24.3 Å². The predicted octanol–water partition coefficient (Wildman–Crippen LogP) is 3.50. The Labute approximate surface area is 165 Å². The van der Waals surface area contributed by atoms with E-state index >= 15 is 0 Å². The van der Waals surface area contributed by atoms with E-state index in [1.54, 1.807) is 18.5 Å². The van der Waals surface area contributed by atoms with Gasteiger partial charge in [0.05, 0.1) is 4.70 Å². The van der Waals surface area contributed by atoms with Crippen molar-refractivity contribution >= 4 is 33.3 Å². The summed E-state index contributed by atoms with van der Waals surface area (Å²) in [6.45, 7) is 7.24. The Morgan fingerprint density at radius 2 is 1.89 bits per heavy atom. The van der Waals surface area contributed by atoms with Gasteiger partial charge in [0.1, 0.15) is 5.82 Å². The molecule has 2 fully saturated rings. The van der Waals surface area contributed by atoms with Crippen molar-refractivity contribution in [2.75, 3.05) is 37.6 Å². The number of hydrogen-bond acceptors (Lipinski definition) is 5. The molecule has 6 heteroatoms. The second kappa shape index (κ2) is 8.57. The molecule has 27 heavy (non-hydrogen) atoms. The Morgan fingerprint density at radius 1 is 1.15 bits per heavy atom. The molecule has 2 aromatic rings. The highest BCUT2D eigenvalue weighted by atomic mass is 32.1. The summed E-state index contributed by atoms with van der Waals surface area (Å²) in [5.41, 5.74) is 0. The van der Waals surface area contributed by atoms with E-state index in [2.05, 4.69) is 39.4 Å². The first-order valence-corrected chi connectivity index (χ1v) is 11.0. The first-order valence-electron chi connectivity index (χ1n) is 10.3. The molecule has 1 aromatic heterocycles. The first-order chi connectivity index (χ1) is 13.2. The predicted molar refractivity (Wildman–Crippen MR) is 112 cm³/mol. The molecule has 0 atom stereocenters. The van der Waals surface area contributed by atoms with Crippen LogP contribution in [-0.2, 0) is 4.79 Å². The Kier molecular flexibility index (Phi) is 5.93. The second-order valence-electron chi connectivity index (χ2n) is 8.04. The molecule has 0 radical (unpaired) electrons. The van der Waals surface area contributed by atoms with E-state index in [1.807, 2.05) is 0 Å². The zero-order chi connectivity index (χ0) is 18.6. The van der Waals surface area contributed by atoms with Gasteiger partial charge in [0, 0.05) is 44.5 Å². The molecule has 4 rings (SSSR count). The minimum Gasteiger partial charge on any atom is -0.354 e. The number of fused-ring (bicyclic) bond motifs is 1. The highest BCUT2D eigenvalue weighted by molar-refractivity contribution is 7.13. The number of nitrogens with one attached hydrogen (secondary N) is 1. The largest absolute Gasteiger partial charge is 0.354 e. The number of carbonyl (C=O) groups excluding carboxylic acids is 1. The standard InChI is InChI=1S/C21H30N4OS/c1-16(26)22-18-8-6-17(7-9-18)10-11-24-12-14-25(15-13-24)21-19-4-2-3-5-20(19)27-23-21/h2-5,17-18H,6-15H2,1H3,(H,22,26). The monoisotopic (exact) mass is 386 g/mol. The summed E-state index contributed by atoms with van der Waals surface area (Å²) in [5, 5.41) is 4.38. The molecule has 1 aliphatic heterocycles. The van der Waals surface area contributed by atoms with Gasteiger partial charge in [-0.1, -0.05) is 12.1 Å². The summed E-state index contributed by atoms with van der Waals surface area (Å²) in [7, 11) is 0. The van der Waals surface area contributed by atoms with Crippen molar-refractivity contribution < 1.29 is 4.79 Å². The zero-order valence-corrected chi connectivity index (χ0v) is 17.0. The third-order valence-electron chi connectivity index (χ3n) is 6.14. The van der Waals surface area contributed by atoms with Crippen molar-refractivity contribution in [2.45, 2.75) is 45.1 Å². The van der Waals surface area contributed by atoms with Crippen LogP contribution in [0.3, 0.4) is 0 Å². The maximum absolute atomic E-state index is 11.2. The Morgan fingerprint density at radius 3 is 2.63 bits per heavy atom. The van der Waals surface area contributed by atoms with Gasteiger partial charge >= 0.3 is 0 Å². The molecule has 2 aliphatic rings. The number of anilines is 1. The molecule has 2 heterocycles. The molecule has 5 nitrogen and oxygen atoms in total. The van der Waals surface area contributed by atoms with E-state index in [9.17, 15) is 4.79 Å². The molecule has 146 valence electrons. The fourth-order valence-electron chi connectivity index (χ4n) is 4.53. The molecular formula is C21H30N4OS. The molecule has 1 aromatic carbocycles. The van der Waals surface area contributed by atoms with Gasteiger partial charge in [-0.3, -0.25) is 9.69 Å². The van der Waals surface area contributed by atoms with E-state index in [1.165, 1.54) is 41.7 Å². The summed E-state index contributed by atoms with van der Waals surface area (Å²) >= 11 is 1.61. The van der Waals surface area contributed by atoms with Crippen molar-refractivity contribution in [1.82, 2.24) is 14.6 Å². The van der Waals surface area contributed by atoms with Gasteiger partial charge in [0.2, 0.25) is 5.91 Å². The van der Waals surface area contributed by atoms with E-state index in [0.29, 0.717) is 6.04 Å². The molecule has 0 bridgehead atoms. The quantitative estimate of drug-likeness (QED) is 0.854. The summed E-state index contributed by atoms with van der Waals surface area (Å²) < 4.78 is 5.99. The van der Waals surface area contributed by atoms with Crippen molar-refractivity contribution in [3.63, 3.8) is 0 Å². The van der Waals surface area contributed by atoms with Crippen molar-refractivity contribution in [1.29, 1.82) is 0 Å². The van der Waals surface area contributed by atoms with E-state index < -0.39 is 0 Å². The Bertz CT molecular complexity index is 760. The average Bonchev–Trinajstić information content (AvgIpc) is 3.12. The highest BCUT2D eigenvalue weighted by Crippen LogP contribution is 2.30. The van der Waals surface area contributed by atoms with Gasteiger partial charge in [-0.15, -0.1) is 0 Å². The minimum absolute atomic E-state index is 0.115. The van der Waals surface area contributed by atoms with Gasteiger partial charge in [0.15, 0.2) is 0 Å². The van der Waals surface area contributed by atoms with Gasteiger partial charge in [-0.2, -0.15) is 4.37 Å². The number of aromatic nitrogens is 1. The first kappa shape index (κ1) is 18.7. The topological polar surface area (TPSA) is 48.5 Å². The van der Waals surface area contributed by atoms with Crippen LogP contribution in [0.4, 0.5) is 5.82 Å². The van der Waals surface area contributed by atoms with Crippen LogP contribution >= 0.6 is 11.5 Å². The SMILES string of the molecule is CC(=O)NC1CCC(CCN2CCN(c3nsc4ccccc34)CC2)CC1. The second-order valence-corrected chi connectivity index (χ2v) is 8.84. The third kappa shape index (κ3) is 4.61. The number of rotatable bonds is 5. The van der Waals surface area contributed by atoms with Crippen LogP contribution in [0.2, 0.25) is 0 Å². The maximum atomic E-state index is 11.2. The molecule has 1 N–H and O–H groups in total. The molecule has 1 saturated heterocycles. The maximum Gasteiger partial charge on any atom is 0.217 e. The fraction of sp³-hybridized carbons (Fsp3) is 0.619. The van der Waals surface area contributed by atoms with Crippen LogP contribution in [0.5, 0.6) is 0 Å². The highest BCUT2D eigenvalue weighted by Gasteiger charge is 2.24. The molecule has 1 amide bonds. The van der Waals surface area contributed by atoms with Crippen LogP contribution < -0.4 is 10.2 Å². The van der Waals surface area contributed by atoms with Crippen molar-refractivity contribution in [3.8, 4) is 0 Å². The zero-order valence-electron chi connectivity index (χ0n) is 16.2. The van der Waals surface area contributed by atoms with Gasteiger partial charge < -0.3 is 10.2 Å². The Balaban J connectivity index is 1.21. The molecule has 1 aliphatic carbocycles. The third-order valence-corrected chi connectivity index (χ3v) is 6.95. The van der Waals surface area contributed by atoms with Crippen LogP contribution in [0.25, 0.3) is 10.1 Å². The Hall–Kier alpha value is -1.66. The smallest absolute Gasteiger partial charge is 0.217 e. The fourth-order valence-corrected chi connectivity index (χ4v) is 5.33. The van der Waals surface area contributed by atoms with E-state index in [-0.39, 0.29) is 5.91 Å². The number of nitrogens with zero attached hydrogens (tertiary/aromatic N) is 3. The summed E-state index contributed by atoms with van der Waals surface area (Å²) in [6.07, 6.45) is 6.11. The molecule has 0 spiro atoms. The lowest BCUT2D eigenvalue weighted by atomic mass is 9.84. The summed E-state index contributed by atoms with van der Waals surface area (Å²) in [6, 6.07) is 8.96.